The molecule has 3 nitrogen and oxygen atoms in total. The van der Waals surface area contributed by atoms with Crippen LogP contribution in [0.3, 0.4) is 0 Å². The van der Waals surface area contributed by atoms with Crippen molar-refractivity contribution in [3.63, 3.8) is 0 Å². The molecule has 0 atom stereocenters. The molecule has 0 unspecified atom stereocenters. The number of aromatic nitrogens is 2. The van der Waals surface area contributed by atoms with E-state index in [4.69, 9.17) is 0 Å². The van der Waals surface area contributed by atoms with E-state index in [2.05, 4.69) is 31.4 Å². The average molecular weight is 370 g/mol. The Morgan fingerprint density at radius 2 is 2.00 bits per heavy atom. The zero-order valence-corrected chi connectivity index (χ0v) is 12.8. The first-order chi connectivity index (χ1) is 10.4. The van der Waals surface area contributed by atoms with Gasteiger partial charge in [0, 0.05) is 22.1 Å². The predicted octanol–water partition coefficient (Wildman–Crippen LogP) is 4.96. The molecule has 0 aliphatic heterocycles. The van der Waals surface area contributed by atoms with Crippen molar-refractivity contribution >= 4 is 32.5 Å². The highest BCUT2D eigenvalue weighted by atomic mass is 79.9. The van der Waals surface area contributed by atoms with Crippen molar-refractivity contribution in [3.8, 4) is 0 Å². The lowest BCUT2D eigenvalue weighted by Crippen LogP contribution is -2.07. The van der Waals surface area contributed by atoms with Crippen LogP contribution in [0.2, 0.25) is 0 Å². The second-order valence-corrected chi connectivity index (χ2v) is 5.75. The van der Waals surface area contributed by atoms with Crippen LogP contribution in [-0.4, -0.2) is 10.2 Å². The number of H-pyrrole nitrogens is 1. The monoisotopic (exact) mass is 369 g/mol. The van der Waals surface area contributed by atoms with Crippen molar-refractivity contribution in [1.29, 1.82) is 0 Å². The molecule has 1 heterocycles. The first-order valence-corrected chi connectivity index (χ1v) is 7.25. The number of anilines is 1. The third kappa shape index (κ3) is 3.09. The Kier molecular flexibility index (Phi) is 3.82. The van der Waals surface area contributed by atoms with E-state index in [1.807, 2.05) is 12.1 Å². The smallest absolute Gasteiger partial charge is 0.380 e. The van der Waals surface area contributed by atoms with Gasteiger partial charge in [0.2, 0.25) is 0 Å². The van der Waals surface area contributed by atoms with Crippen LogP contribution in [0.25, 0.3) is 10.9 Å². The maximum atomic E-state index is 12.7. The first kappa shape index (κ1) is 14.9. The molecular weight excluding hydrogens is 359 g/mol. The Hall–Kier alpha value is -2.02. The third-order valence-corrected chi connectivity index (χ3v) is 3.72. The Morgan fingerprint density at radius 1 is 1.18 bits per heavy atom. The standard InChI is InChI=1S/C15H11BrF3N3/c16-11-5-13(12-8-21-22-14(12)6-11)20-7-9-2-1-3-10(4-9)15(17,18)19/h1-6,8,20H,7H2,(H,21,22). The van der Waals surface area contributed by atoms with Gasteiger partial charge in [-0.1, -0.05) is 28.1 Å². The number of nitrogens with zero attached hydrogens (tertiary/aromatic N) is 1. The van der Waals surface area contributed by atoms with Crippen LogP contribution < -0.4 is 5.32 Å². The molecule has 3 aromatic rings. The van der Waals surface area contributed by atoms with Crippen LogP contribution in [0.1, 0.15) is 11.1 Å². The molecule has 0 aliphatic rings. The van der Waals surface area contributed by atoms with Crippen LogP contribution in [-0.2, 0) is 12.7 Å². The zero-order chi connectivity index (χ0) is 15.7. The number of aromatic amines is 1. The molecule has 1 aromatic heterocycles. The number of alkyl halides is 3. The highest BCUT2D eigenvalue weighted by Crippen LogP contribution is 2.30. The van der Waals surface area contributed by atoms with Crippen molar-refractivity contribution in [2.24, 2.45) is 0 Å². The summed E-state index contributed by atoms with van der Waals surface area (Å²) in [5, 5.41) is 10.9. The molecule has 0 aliphatic carbocycles. The number of benzene rings is 2. The van der Waals surface area contributed by atoms with Crippen molar-refractivity contribution < 1.29 is 13.2 Å². The summed E-state index contributed by atoms with van der Waals surface area (Å²) in [6.07, 6.45) is -2.65. The normalized spacial score (nSPS) is 11.8. The fourth-order valence-corrected chi connectivity index (χ4v) is 2.67. The van der Waals surface area contributed by atoms with Crippen LogP contribution in [0, 0.1) is 0 Å². The minimum absolute atomic E-state index is 0.292. The molecule has 0 fully saturated rings. The van der Waals surface area contributed by atoms with Gasteiger partial charge in [-0.25, -0.2) is 0 Å². The predicted molar refractivity (Wildman–Crippen MR) is 82.6 cm³/mol. The highest BCUT2D eigenvalue weighted by molar-refractivity contribution is 9.10. The largest absolute Gasteiger partial charge is 0.416 e. The van der Waals surface area contributed by atoms with Gasteiger partial charge in [-0.3, -0.25) is 5.10 Å². The molecule has 0 saturated carbocycles. The molecule has 0 saturated heterocycles. The van der Waals surface area contributed by atoms with E-state index in [-0.39, 0.29) is 0 Å². The quantitative estimate of drug-likeness (QED) is 0.685. The van der Waals surface area contributed by atoms with E-state index in [0.29, 0.717) is 12.1 Å². The van der Waals surface area contributed by atoms with E-state index in [0.717, 1.165) is 33.2 Å². The van der Waals surface area contributed by atoms with Gasteiger partial charge < -0.3 is 5.32 Å². The molecule has 3 rings (SSSR count). The van der Waals surface area contributed by atoms with Crippen molar-refractivity contribution in [2.75, 3.05) is 5.32 Å². The maximum Gasteiger partial charge on any atom is 0.416 e. The minimum atomic E-state index is -4.33. The number of hydrogen-bond donors (Lipinski definition) is 2. The molecule has 2 N–H and O–H groups in total. The number of nitrogens with one attached hydrogen (secondary N) is 2. The number of rotatable bonds is 3. The van der Waals surface area contributed by atoms with Gasteiger partial charge >= 0.3 is 6.18 Å². The van der Waals surface area contributed by atoms with Crippen LogP contribution >= 0.6 is 15.9 Å². The van der Waals surface area contributed by atoms with E-state index in [1.165, 1.54) is 6.07 Å². The zero-order valence-electron chi connectivity index (χ0n) is 11.2. The van der Waals surface area contributed by atoms with E-state index in [1.54, 1.807) is 12.3 Å². The summed E-state index contributed by atoms with van der Waals surface area (Å²) in [6, 6.07) is 9.04. The lowest BCUT2D eigenvalue weighted by atomic mass is 10.1. The Labute approximate surface area is 132 Å². The Bertz CT molecular complexity index is 811. The van der Waals surface area contributed by atoms with Gasteiger partial charge in [-0.05, 0) is 29.8 Å². The maximum absolute atomic E-state index is 12.7. The van der Waals surface area contributed by atoms with Crippen molar-refractivity contribution in [1.82, 2.24) is 10.2 Å². The van der Waals surface area contributed by atoms with Gasteiger partial charge in [-0.2, -0.15) is 18.3 Å². The summed E-state index contributed by atoms with van der Waals surface area (Å²) >= 11 is 3.40. The molecule has 114 valence electrons. The summed E-state index contributed by atoms with van der Waals surface area (Å²) < 4.78 is 39.0. The lowest BCUT2D eigenvalue weighted by Gasteiger charge is -2.11. The Balaban J connectivity index is 1.84. The second kappa shape index (κ2) is 5.64. The van der Waals surface area contributed by atoms with Gasteiger partial charge in [0.25, 0.3) is 0 Å². The van der Waals surface area contributed by atoms with Crippen LogP contribution in [0.5, 0.6) is 0 Å². The van der Waals surface area contributed by atoms with Gasteiger partial charge in [0.05, 0.1) is 17.3 Å². The van der Waals surface area contributed by atoms with E-state index in [9.17, 15) is 13.2 Å². The highest BCUT2D eigenvalue weighted by Gasteiger charge is 2.30. The van der Waals surface area contributed by atoms with E-state index >= 15 is 0 Å². The summed E-state index contributed by atoms with van der Waals surface area (Å²) in [6.45, 7) is 0.292. The first-order valence-electron chi connectivity index (χ1n) is 6.46. The second-order valence-electron chi connectivity index (χ2n) is 4.84. The molecule has 0 radical (unpaired) electrons. The lowest BCUT2D eigenvalue weighted by molar-refractivity contribution is -0.137. The topological polar surface area (TPSA) is 40.7 Å². The molecule has 2 aromatic carbocycles. The minimum Gasteiger partial charge on any atom is -0.380 e. The molecule has 0 amide bonds. The van der Waals surface area contributed by atoms with Crippen molar-refractivity contribution in [2.45, 2.75) is 12.7 Å². The fourth-order valence-electron chi connectivity index (χ4n) is 2.22. The SMILES string of the molecule is FC(F)(F)c1cccc(CNc2cc(Br)cc3[nH]ncc23)c1. The Morgan fingerprint density at radius 3 is 2.77 bits per heavy atom. The number of halogens is 4. The van der Waals surface area contributed by atoms with Gasteiger partial charge in [0.1, 0.15) is 0 Å². The van der Waals surface area contributed by atoms with Gasteiger partial charge in [-0.15, -0.1) is 0 Å². The molecule has 7 heteroatoms. The fraction of sp³-hybridized carbons (Fsp3) is 0.133. The molecule has 0 spiro atoms. The van der Waals surface area contributed by atoms with Gasteiger partial charge in [0.15, 0.2) is 0 Å². The number of fused-ring (bicyclic) bond motifs is 1. The molecule has 22 heavy (non-hydrogen) atoms. The summed E-state index contributed by atoms with van der Waals surface area (Å²) in [7, 11) is 0. The van der Waals surface area contributed by atoms with Crippen molar-refractivity contribution in [3.05, 3.63) is 58.2 Å². The average Bonchev–Trinajstić information content (AvgIpc) is 2.92. The summed E-state index contributed by atoms with van der Waals surface area (Å²) in [5.41, 5.74) is 1.57. The van der Waals surface area contributed by atoms with Crippen LogP contribution in [0.15, 0.2) is 47.1 Å². The molecule has 0 bridgehead atoms. The summed E-state index contributed by atoms with van der Waals surface area (Å²) in [4.78, 5) is 0. The molecular formula is C15H11BrF3N3. The van der Waals surface area contributed by atoms with Crippen LogP contribution in [0.4, 0.5) is 18.9 Å². The number of hydrogen-bond acceptors (Lipinski definition) is 2. The third-order valence-electron chi connectivity index (χ3n) is 3.26. The summed E-state index contributed by atoms with van der Waals surface area (Å²) in [5.74, 6) is 0. The van der Waals surface area contributed by atoms with E-state index < -0.39 is 11.7 Å².